The molecule has 1 unspecified atom stereocenters. The van der Waals surface area contributed by atoms with Crippen LogP contribution in [-0.2, 0) is 9.53 Å². The van der Waals surface area contributed by atoms with Gasteiger partial charge in [-0.2, -0.15) is 0 Å². The highest BCUT2D eigenvalue weighted by atomic mass is 32.2. The minimum Gasteiger partial charge on any atom is -0.468 e. The maximum atomic E-state index is 11.3. The summed E-state index contributed by atoms with van der Waals surface area (Å²) in [6.07, 6.45) is 2.46. The third-order valence-electron chi connectivity index (χ3n) is 1.74. The summed E-state index contributed by atoms with van der Waals surface area (Å²) in [5.41, 5.74) is 0. The number of carbonyl (C=O) groups excluding carboxylic acids is 1. The number of hydrogen-bond donors (Lipinski definition) is 0. The summed E-state index contributed by atoms with van der Waals surface area (Å²) in [5, 5.41) is 0.694. The summed E-state index contributed by atoms with van der Waals surface area (Å²) in [7, 11) is 1.41. The summed E-state index contributed by atoms with van der Waals surface area (Å²) in [5.74, 6) is -0.192. The number of thioether (sulfide) groups is 1. The summed E-state index contributed by atoms with van der Waals surface area (Å²) in [4.78, 5) is 15.4. The summed E-state index contributed by atoms with van der Waals surface area (Å²) in [6.45, 7) is 1.96. The van der Waals surface area contributed by atoms with Crippen LogP contribution < -0.4 is 0 Å². The van der Waals surface area contributed by atoms with E-state index in [0.717, 1.165) is 11.4 Å². The smallest absolute Gasteiger partial charge is 0.319 e. The van der Waals surface area contributed by atoms with Crippen molar-refractivity contribution in [2.75, 3.05) is 7.11 Å². The zero-order chi connectivity index (χ0) is 10.4. The lowest BCUT2D eigenvalue weighted by atomic mass is 10.3. The second kappa shape index (κ2) is 5.65. The van der Waals surface area contributed by atoms with Crippen LogP contribution in [0.4, 0.5) is 0 Å². The van der Waals surface area contributed by atoms with Gasteiger partial charge in [0.05, 0.1) is 12.1 Å². The fourth-order valence-electron chi connectivity index (χ4n) is 0.992. The average molecular weight is 211 g/mol. The molecule has 1 aromatic rings. The Balaban J connectivity index is 2.62. The van der Waals surface area contributed by atoms with Gasteiger partial charge >= 0.3 is 5.97 Å². The van der Waals surface area contributed by atoms with Gasteiger partial charge in [-0.25, -0.2) is 4.98 Å². The Morgan fingerprint density at radius 1 is 1.64 bits per heavy atom. The van der Waals surface area contributed by atoms with Crippen molar-refractivity contribution < 1.29 is 9.53 Å². The molecule has 0 saturated heterocycles. The molecule has 14 heavy (non-hydrogen) atoms. The minimum atomic E-state index is -0.192. The first-order valence-electron chi connectivity index (χ1n) is 4.43. The van der Waals surface area contributed by atoms with Crippen LogP contribution in [-0.4, -0.2) is 23.3 Å². The van der Waals surface area contributed by atoms with E-state index in [2.05, 4.69) is 9.72 Å². The second-order valence-electron chi connectivity index (χ2n) is 2.71. The number of esters is 1. The monoisotopic (exact) mass is 211 g/mol. The fourth-order valence-corrected chi connectivity index (χ4v) is 1.92. The molecule has 4 heteroatoms. The predicted molar refractivity (Wildman–Crippen MR) is 56.2 cm³/mol. The molecule has 0 bridgehead atoms. The molecule has 0 fully saturated rings. The lowest BCUT2D eigenvalue weighted by Gasteiger charge is -2.10. The Morgan fingerprint density at radius 3 is 2.93 bits per heavy atom. The number of methoxy groups -OCH3 is 1. The molecule has 0 saturated carbocycles. The van der Waals surface area contributed by atoms with Crippen molar-refractivity contribution >= 4 is 17.7 Å². The zero-order valence-electron chi connectivity index (χ0n) is 8.27. The molecule has 0 amide bonds. The number of rotatable bonds is 4. The van der Waals surface area contributed by atoms with Crippen molar-refractivity contribution in [1.29, 1.82) is 0 Å². The number of aromatic nitrogens is 1. The van der Waals surface area contributed by atoms with E-state index in [9.17, 15) is 4.79 Å². The first kappa shape index (κ1) is 11.0. The van der Waals surface area contributed by atoms with Crippen LogP contribution in [0.1, 0.15) is 13.3 Å². The van der Waals surface area contributed by atoms with Crippen LogP contribution in [0.3, 0.4) is 0 Å². The van der Waals surface area contributed by atoms with Crippen LogP contribution in [0.25, 0.3) is 0 Å². The summed E-state index contributed by atoms with van der Waals surface area (Å²) < 4.78 is 4.69. The minimum absolute atomic E-state index is 0.158. The molecule has 0 spiro atoms. The van der Waals surface area contributed by atoms with Crippen molar-refractivity contribution in [3.8, 4) is 0 Å². The van der Waals surface area contributed by atoms with Gasteiger partial charge in [-0.15, -0.1) is 0 Å². The molecule has 0 aliphatic carbocycles. The van der Waals surface area contributed by atoms with Crippen LogP contribution >= 0.6 is 11.8 Å². The van der Waals surface area contributed by atoms with Gasteiger partial charge in [0.25, 0.3) is 0 Å². The van der Waals surface area contributed by atoms with Crippen molar-refractivity contribution in [1.82, 2.24) is 4.98 Å². The van der Waals surface area contributed by atoms with Crippen molar-refractivity contribution in [2.45, 2.75) is 23.6 Å². The maximum absolute atomic E-state index is 11.3. The number of pyridine rings is 1. The van der Waals surface area contributed by atoms with E-state index in [0.29, 0.717) is 0 Å². The standard InChI is InChI=1S/C10H13NO2S/c1-3-8(10(12)13-2)14-9-6-4-5-7-11-9/h4-8H,3H2,1-2H3. The van der Waals surface area contributed by atoms with Gasteiger partial charge in [-0.3, -0.25) is 4.79 Å². The van der Waals surface area contributed by atoms with Crippen LogP contribution in [0.2, 0.25) is 0 Å². The molecular weight excluding hydrogens is 198 g/mol. The Labute approximate surface area is 87.9 Å². The van der Waals surface area contributed by atoms with Crippen molar-refractivity contribution in [3.05, 3.63) is 24.4 Å². The van der Waals surface area contributed by atoms with E-state index in [1.807, 2.05) is 25.1 Å². The molecule has 0 N–H and O–H groups in total. The summed E-state index contributed by atoms with van der Waals surface area (Å²) in [6, 6.07) is 5.64. The fraction of sp³-hybridized carbons (Fsp3) is 0.400. The topological polar surface area (TPSA) is 39.2 Å². The van der Waals surface area contributed by atoms with Gasteiger partial charge in [0, 0.05) is 6.20 Å². The summed E-state index contributed by atoms with van der Waals surface area (Å²) >= 11 is 1.44. The lowest BCUT2D eigenvalue weighted by Crippen LogP contribution is -2.17. The van der Waals surface area contributed by atoms with Gasteiger partial charge < -0.3 is 4.74 Å². The molecule has 0 aliphatic heterocycles. The lowest BCUT2D eigenvalue weighted by molar-refractivity contribution is -0.140. The number of ether oxygens (including phenoxy) is 1. The SMILES string of the molecule is CCC(Sc1ccccn1)C(=O)OC. The molecule has 1 atom stereocenters. The highest BCUT2D eigenvalue weighted by Crippen LogP contribution is 2.23. The van der Waals surface area contributed by atoms with Crippen LogP contribution in [0.5, 0.6) is 0 Å². The largest absolute Gasteiger partial charge is 0.468 e. The molecule has 0 radical (unpaired) electrons. The van der Waals surface area contributed by atoms with Gasteiger partial charge in [-0.05, 0) is 18.6 Å². The first-order chi connectivity index (χ1) is 6.77. The molecular formula is C10H13NO2S. The van der Waals surface area contributed by atoms with Gasteiger partial charge in [0.15, 0.2) is 0 Å². The van der Waals surface area contributed by atoms with E-state index in [4.69, 9.17) is 0 Å². The average Bonchev–Trinajstić information content (AvgIpc) is 2.26. The molecule has 3 nitrogen and oxygen atoms in total. The molecule has 1 heterocycles. The number of nitrogens with zero attached hydrogens (tertiary/aromatic N) is 1. The van der Waals surface area contributed by atoms with E-state index < -0.39 is 0 Å². The third kappa shape index (κ3) is 3.03. The first-order valence-corrected chi connectivity index (χ1v) is 5.31. The van der Waals surface area contributed by atoms with Crippen molar-refractivity contribution in [2.24, 2.45) is 0 Å². The molecule has 1 rings (SSSR count). The Kier molecular flexibility index (Phi) is 4.46. The van der Waals surface area contributed by atoms with E-state index in [-0.39, 0.29) is 11.2 Å². The predicted octanol–water partition coefficient (Wildman–Crippen LogP) is 2.13. The maximum Gasteiger partial charge on any atom is 0.319 e. The molecule has 0 aliphatic rings. The Bertz CT molecular complexity index is 289. The van der Waals surface area contributed by atoms with Gasteiger partial charge in [0.2, 0.25) is 0 Å². The van der Waals surface area contributed by atoms with Crippen molar-refractivity contribution in [3.63, 3.8) is 0 Å². The van der Waals surface area contributed by atoms with E-state index >= 15 is 0 Å². The quantitative estimate of drug-likeness (QED) is 0.565. The van der Waals surface area contributed by atoms with Crippen LogP contribution in [0, 0.1) is 0 Å². The normalized spacial score (nSPS) is 12.1. The molecule has 76 valence electrons. The highest BCUT2D eigenvalue weighted by Gasteiger charge is 2.18. The zero-order valence-corrected chi connectivity index (χ0v) is 9.08. The number of hydrogen-bond acceptors (Lipinski definition) is 4. The van der Waals surface area contributed by atoms with E-state index in [1.54, 1.807) is 6.20 Å². The second-order valence-corrected chi connectivity index (χ2v) is 3.93. The Morgan fingerprint density at radius 2 is 2.43 bits per heavy atom. The van der Waals surface area contributed by atoms with Crippen LogP contribution in [0.15, 0.2) is 29.4 Å². The third-order valence-corrected chi connectivity index (χ3v) is 3.03. The van der Waals surface area contributed by atoms with Gasteiger partial charge in [-0.1, -0.05) is 24.8 Å². The van der Waals surface area contributed by atoms with Gasteiger partial charge in [0.1, 0.15) is 5.25 Å². The van der Waals surface area contributed by atoms with E-state index in [1.165, 1.54) is 18.9 Å². The molecule has 1 aromatic heterocycles. The highest BCUT2D eigenvalue weighted by molar-refractivity contribution is 8.00. The Hall–Kier alpha value is -1.03. The number of carbonyl (C=O) groups is 1. The molecule has 0 aromatic carbocycles.